The summed E-state index contributed by atoms with van der Waals surface area (Å²) >= 11 is 0. The van der Waals surface area contributed by atoms with Crippen molar-refractivity contribution in [1.29, 1.82) is 0 Å². The van der Waals surface area contributed by atoms with Gasteiger partial charge < -0.3 is 4.74 Å². The van der Waals surface area contributed by atoms with Crippen molar-refractivity contribution in [1.82, 2.24) is 4.90 Å². The molecule has 0 amide bonds. The average Bonchev–Trinajstić information content (AvgIpc) is 3.41. The van der Waals surface area contributed by atoms with Crippen molar-refractivity contribution < 1.29 is 9.53 Å². The zero-order valence-corrected chi connectivity index (χ0v) is 15.6. The second-order valence-electron chi connectivity index (χ2n) is 6.92. The lowest BCUT2D eigenvalue weighted by Crippen LogP contribution is -2.40. The lowest BCUT2D eigenvalue weighted by atomic mass is 9.76. The Hall–Kier alpha value is -2.91. The van der Waals surface area contributed by atoms with Gasteiger partial charge in [-0.1, -0.05) is 91.0 Å². The van der Waals surface area contributed by atoms with Gasteiger partial charge in [-0.3, -0.25) is 9.69 Å². The third-order valence-electron chi connectivity index (χ3n) is 5.51. The van der Waals surface area contributed by atoms with Gasteiger partial charge in [0.15, 0.2) is 0 Å². The molecule has 3 atom stereocenters. The van der Waals surface area contributed by atoms with Crippen LogP contribution in [0.3, 0.4) is 0 Å². The van der Waals surface area contributed by atoms with E-state index in [0.29, 0.717) is 0 Å². The van der Waals surface area contributed by atoms with Gasteiger partial charge in [-0.05, 0) is 23.6 Å². The van der Waals surface area contributed by atoms with Crippen LogP contribution < -0.4 is 0 Å². The van der Waals surface area contributed by atoms with Gasteiger partial charge in [0.25, 0.3) is 0 Å². The molecule has 1 fully saturated rings. The predicted octanol–water partition coefficient (Wildman–Crippen LogP) is 4.22. The van der Waals surface area contributed by atoms with E-state index in [9.17, 15) is 4.79 Å². The van der Waals surface area contributed by atoms with Crippen molar-refractivity contribution in [2.45, 2.75) is 24.5 Å². The monoisotopic (exact) mass is 357 g/mol. The van der Waals surface area contributed by atoms with Crippen LogP contribution in [0, 0.1) is 0 Å². The zero-order chi connectivity index (χ0) is 18.9. The summed E-state index contributed by atoms with van der Waals surface area (Å²) < 4.78 is 5.10. The fourth-order valence-electron chi connectivity index (χ4n) is 4.28. The molecule has 3 heteroatoms. The van der Waals surface area contributed by atoms with Crippen LogP contribution in [0.2, 0.25) is 0 Å². The molecule has 0 radical (unpaired) electrons. The van der Waals surface area contributed by atoms with Crippen LogP contribution in [-0.4, -0.2) is 30.1 Å². The minimum Gasteiger partial charge on any atom is -0.468 e. The summed E-state index contributed by atoms with van der Waals surface area (Å²) in [7, 11) is 1.46. The van der Waals surface area contributed by atoms with E-state index in [-0.39, 0.29) is 18.1 Å². The molecule has 4 rings (SSSR count). The van der Waals surface area contributed by atoms with E-state index in [4.69, 9.17) is 4.74 Å². The van der Waals surface area contributed by atoms with Gasteiger partial charge in [0.1, 0.15) is 6.04 Å². The van der Waals surface area contributed by atoms with E-state index < -0.39 is 5.54 Å². The van der Waals surface area contributed by atoms with Gasteiger partial charge in [0.05, 0.1) is 12.6 Å². The fourth-order valence-corrected chi connectivity index (χ4v) is 4.28. The third kappa shape index (κ3) is 2.75. The summed E-state index contributed by atoms with van der Waals surface area (Å²) in [6.45, 7) is 2.09. The van der Waals surface area contributed by atoms with Crippen LogP contribution in [0.5, 0.6) is 0 Å². The molecule has 1 aliphatic rings. The standard InChI is InChI=1S/C24H23NO2/c1-18-22(23(26)27-2)25(18)24(19-12-6-3-7-13-19,20-14-8-4-9-15-20)21-16-10-5-11-17-21/h3-18,22H,1-2H3/t18-,22-,25?/m0/s1. The minimum absolute atomic E-state index is 0.0815. The van der Waals surface area contributed by atoms with Gasteiger partial charge >= 0.3 is 5.97 Å². The molecule has 1 heterocycles. The first-order valence-electron chi connectivity index (χ1n) is 9.24. The van der Waals surface area contributed by atoms with E-state index in [2.05, 4.69) is 84.6 Å². The Morgan fingerprint density at radius 1 is 0.778 bits per heavy atom. The largest absolute Gasteiger partial charge is 0.468 e. The fraction of sp³-hybridized carbons (Fsp3) is 0.208. The summed E-state index contributed by atoms with van der Waals surface area (Å²) in [5.41, 5.74) is 2.86. The summed E-state index contributed by atoms with van der Waals surface area (Å²) in [6.07, 6.45) is 0. The highest BCUT2D eigenvalue weighted by molar-refractivity contribution is 5.81. The van der Waals surface area contributed by atoms with Crippen molar-refractivity contribution in [3.63, 3.8) is 0 Å². The molecule has 3 nitrogen and oxygen atoms in total. The van der Waals surface area contributed by atoms with E-state index >= 15 is 0 Å². The molecule has 1 unspecified atom stereocenters. The number of benzene rings is 3. The number of carbonyl (C=O) groups excluding carboxylic acids is 1. The maximum absolute atomic E-state index is 12.5. The molecule has 0 bridgehead atoms. The summed E-state index contributed by atoms with van der Waals surface area (Å²) in [5, 5.41) is 0. The molecule has 3 aromatic carbocycles. The Bertz CT molecular complexity index is 812. The van der Waals surface area contributed by atoms with Crippen molar-refractivity contribution in [2.75, 3.05) is 7.11 Å². The smallest absolute Gasteiger partial charge is 0.324 e. The molecule has 3 aromatic rings. The zero-order valence-electron chi connectivity index (χ0n) is 15.6. The van der Waals surface area contributed by atoms with Crippen LogP contribution in [-0.2, 0) is 15.1 Å². The molecule has 27 heavy (non-hydrogen) atoms. The lowest BCUT2D eigenvalue weighted by Gasteiger charge is -2.38. The van der Waals surface area contributed by atoms with Crippen molar-refractivity contribution in [3.05, 3.63) is 108 Å². The van der Waals surface area contributed by atoms with Crippen LogP contribution in [0.25, 0.3) is 0 Å². The third-order valence-corrected chi connectivity index (χ3v) is 5.51. The van der Waals surface area contributed by atoms with Crippen LogP contribution in [0.15, 0.2) is 91.0 Å². The van der Waals surface area contributed by atoms with Gasteiger partial charge in [0.2, 0.25) is 0 Å². The Kier molecular flexibility index (Phi) is 4.54. The predicted molar refractivity (Wildman–Crippen MR) is 106 cm³/mol. The second kappa shape index (κ2) is 7.01. The maximum Gasteiger partial charge on any atom is 0.324 e. The molecule has 0 N–H and O–H groups in total. The number of nitrogens with zero attached hydrogens (tertiary/aromatic N) is 1. The average molecular weight is 357 g/mol. The first kappa shape index (κ1) is 17.5. The maximum atomic E-state index is 12.5. The Balaban J connectivity index is 2.01. The number of carbonyl (C=O) groups is 1. The highest BCUT2D eigenvalue weighted by atomic mass is 16.5. The van der Waals surface area contributed by atoms with E-state index in [0.717, 1.165) is 16.7 Å². The Morgan fingerprint density at radius 3 is 1.48 bits per heavy atom. The van der Waals surface area contributed by atoms with Crippen molar-refractivity contribution in [3.8, 4) is 0 Å². The van der Waals surface area contributed by atoms with Gasteiger partial charge in [-0.15, -0.1) is 0 Å². The van der Waals surface area contributed by atoms with Crippen LogP contribution in [0.4, 0.5) is 0 Å². The Morgan fingerprint density at radius 2 is 1.15 bits per heavy atom. The highest BCUT2D eigenvalue weighted by Crippen LogP contribution is 2.51. The van der Waals surface area contributed by atoms with E-state index in [1.165, 1.54) is 7.11 Å². The number of hydrogen-bond acceptors (Lipinski definition) is 3. The van der Waals surface area contributed by atoms with Gasteiger partial charge in [-0.25, -0.2) is 0 Å². The summed E-state index contributed by atoms with van der Waals surface area (Å²) in [4.78, 5) is 14.7. The number of methoxy groups -OCH3 is 1. The van der Waals surface area contributed by atoms with Crippen LogP contribution >= 0.6 is 0 Å². The van der Waals surface area contributed by atoms with E-state index in [1.54, 1.807) is 0 Å². The quantitative estimate of drug-likeness (QED) is 0.389. The molecule has 136 valence electrons. The Labute approximate surface area is 160 Å². The molecular formula is C24H23NO2. The molecule has 1 aliphatic heterocycles. The highest BCUT2D eigenvalue weighted by Gasteiger charge is 2.62. The van der Waals surface area contributed by atoms with Crippen LogP contribution in [0.1, 0.15) is 23.6 Å². The van der Waals surface area contributed by atoms with Gasteiger partial charge in [-0.2, -0.15) is 0 Å². The SMILES string of the molecule is COC(=O)[C@@H]1[C@H](C)N1C(c1ccccc1)(c1ccccc1)c1ccccc1. The number of esters is 1. The second-order valence-corrected chi connectivity index (χ2v) is 6.92. The molecular weight excluding hydrogens is 334 g/mol. The molecule has 0 aliphatic carbocycles. The van der Waals surface area contributed by atoms with Crippen molar-refractivity contribution in [2.24, 2.45) is 0 Å². The minimum atomic E-state index is -0.554. The molecule has 0 spiro atoms. The lowest BCUT2D eigenvalue weighted by molar-refractivity contribution is -0.141. The number of rotatable bonds is 5. The normalized spacial score (nSPS) is 21.5. The molecule has 0 aromatic heterocycles. The molecule has 1 saturated heterocycles. The van der Waals surface area contributed by atoms with Gasteiger partial charge in [0, 0.05) is 6.04 Å². The summed E-state index contributed by atoms with van der Waals surface area (Å²) in [6, 6.07) is 31.0. The van der Waals surface area contributed by atoms with Crippen molar-refractivity contribution >= 4 is 5.97 Å². The molecule has 0 saturated carbocycles. The number of hydrogen-bond donors (Lipinski definition) is 0. The first-order valence-corrected chi connectivity index (χ1v) is 9.24. The topological polar surface area (TPSA) is 29.3 Å². The number of ether oxygens (including phenoxy) is 1. The first-order chi connectivity index (χ1) is 13.2. The summed E-state index contributed by atoms with van der Waals surface area (Å²) in [5.74, 6) is -0.185. The van der Waals surface area contributed by atoms with E-state index in [1.807, 2.05) is 18.2 Å².